The molecule has 0 aliphatic carbocycles. The van der Waals surface area contributed by atoms with Crippen molar-refractivity contribution in [1.29, 1.82) is 0 Å². The average Bonchev–Trinajstić information content (AvgIpc) is 2.52. The number of ether oxygens (including phenoxy) is 2. The third kappa shape index (κ3) is 3.50. The molecule has 0 aromatic carbocycles. The molecular weight excluding hydrogens is 256 g/mol. The summed E-state index contributed by atoms with van der Waals surface area (Å²) in [7, 11) is 3.22. The van der Waals surface area contributed by atoms with E-state index in [4.69, 9.17) is 9.47 Å². The second-order valence-corrected chi connectivity index (χ2v) is 4.95. The summed E-state index contributed by atoms with van der Waals surface area (Å²) in [6, 6.07) is 2.13. The molecule has 1 saturated heterocycles. The van der Waals surface area contributed by atoms with Crippen LogP contribution >= 0.6 is 0 Å². The third-order valence-electron chi connectivity index (χ3n) is 3.52. The van der Waals surface area contributed by atoms with Crippen molar-refractivity contribution in [2.75, 3.05) is 38.8 Å². The normalized spacial score (nSPS) is 18.6. The number of hydrogen-bond donors (Lipinski definition) is 1. The first kappa shape index (κ1) is 14.8. The minimum absolute atomic E-state index is 0.431. The van der Waals surface area contributed by atoms with Crippen molar-refractivity contribution in [2.24, 2.45) is 0 Å². The average molecular weight is 280 g/mol. The highest BCUT2D eigenvalue weighted by molar-refractivity contribution is 5.38. The number of nitrogens with one attached hydrogen (secondary N) is 1. The van der Waals surface area contributed by atoms with Gasteiger partial charge in [-0.05, 0) is 25.8 Å². The molecule has 1 aliphatic heterocycles. The van der Waals surface area contributed by atoms with Crippen LogP contribution in [-0.4, -0.2) is 49.9 Å². The van der Waals surface area contributed by atoms with Crippen molar-refractivity contribution in [3.8, 4) is 11.8 Å². The molecule has 1 unspecified atom stereocenters. The summed E-state index contributed by atoms with van der Waals surface area (Å²) < 4.78 is 10.5. The number of anilines is 1. The fourth-order valence-corrected chi connectivity index (χ4v) is 2.52. The summed E-state index contributed by atoms with van der Waals surface area (Å²) >= 11 is 0. The first-order valence-electron chi connectivity index (χ1n) is 7.23. The number of piperidine rings is 1. The van der Waals surface area contributed by atoms with Crippen molar-refractivity contribution < 1.29 is 9.47 Å². The van der Waals surface area contributed by atoms with Gasteiger partial charge in [-0.25, -0.2) is 0 Å². The lowest BCUT2D eigenvalue weighted by atomic mass is 10.1. The predicted molar refractivity (Wildman–Crippen MR) is 78.7 cm³/mol. The quantitative estimate of drug-likeness (QED) is 0.851. The Morgan fingerprint density at radius 3 is 2.50 bits per heavy atom. The maximum absolute atomic E-state index is 5.24. The molecule has 1 aliphatic rings. The summed E-state index contributed by atoms with van der Waals surface area (Å²) in [5.41, 5.74) is 0. The first-order chi connectivity index (χ1) is 9.78. The molecule has 0 bridgehead atoms. The Hall–Kier alpha value is -1.56. The van der Waals surface area contributed by atoms with Gasteiger partial charge in [0.15, 0.2) is 0 Å². The maximum Gasteiger partial charge on any atom is 0.232 e. The van der Waals surface area contributed by atoms with Crippen LogP contribution in [0.25, 0.3) is 0 Å². The zero-order valence-corrected chi connectivity index (χ0v) is 12.6. The number of aromatic nitrogens is 2. The Bertz CT molecular complexity index is 399. The van der Waals surface area contributed by atoms with Crippen LogP contribution < -0.4 is 19.7 Å². The van der Waals surface area contributed by atoms with Gasteiger partial charge in [-0.2, -0.15) is 9.97 Å². The first-order valence-corrected chi connectivity index (χ1v) is 7.23. The molecular formula is C14H24N4O2. The lowest BCUT2D eigenvalue weighted by Gasteiger charge is -2.34. The lowest BCUT2D eigenvalue weighted by Crippen LogP contribution is -2.47. The van der Waals surface area contributed by atoms with Gasteiger partial charge >= 0.3 is 0 Å². The maximum atomic E-state index is 5.24. The second kappa shape index (κ2) is 7.28. The zero-order chi connectivity index (χ0) is 14.4. The van der Waals surface area contributed by atoms with Crippen LogP contribution in [0.2, 0.25) is 0 Å². The highest BCUT2D eigenvalue weighted by Crippen LogP contribution is 2.23. The van der Waals surface area contributed by atoms with Gasteiger partial charge < -0.3 is 19.7 Å². The summed E-state index contributed by atoms with van der Waals surface area (Å²) in [5, 5.41) is 3.44. The standard InChI is InChI=1S/C14H24N4O2/c1-4-8-18(11-6-5-7-15-10-11)14-16-12(19-2)9-13(17-14)20-3/h9,11,15H,4-8,10H2,1-3H3. The molecule has 0 radical (unpaired) electrons. The van der Waals surface area contributed by atoms with E-state index < -0.39 is 0 Å². The smallest absolute Gasteiger partial charge is 0.232 e. The van der Waals surface area contributed by atoms with Gasteiger partial charge in [0.05, 0.1) is 20.3 Å². The minimum atomic E-state index is 0.431. The predicted octanol–water partition coefficient (Wildman–Crippen LogP) is 1.46. The summed E-state index contributed by atoms with van der Waals surface area (Å²) in [6.07, 6.45) is 3.40. The molecule has 0 spiro atoms. The van der Waals surface area contributed by atoms with Crippen molar-refractivity contribution in [1.82, 2.24) is 15.3 Å². The summed E-state index contributed by atoms with van der Waals surface area (Å²) in [4.78, 5) is 11.2. The van der Waals surface area contributed by atoms with Crippen molar-refractivity contribution >= 4 is 5.95 Å². The van der Waals surface area contributed by atoms with Gasteiger partial charge in [0.25, 0.3) is 0 Å². The fourth-order valence-electron chi connectivity index (χ4n) is 2.52. The molecule has 1 fully saturated rings. The number of hydrogen-bond acceptors (Lipinski definition) is 6. The fraction of sp³-hybridized carbons (Fsp3) is 0.714. The van der Waals surface area contributed by atoms with Crippen molar-refractivity contribution in [2.45, 2.75) is 32.2 Å². The molecule has 1 aromatic heterocycles. The Morgan fingerprint density at radius 2 is 2.00 bits per heavy atom. The molecule has 1 atom stereocenters. The van der Waals surface area contributed by atoms with Gasteiger partial charge in [0.2, 0.25) is 17.7 Å². The minimum Gasteiger partial charge on any atom is -0.481 e. The van der Waals surface area contributed by atoms with E-state index in [0.717, 1.165) is 32.5 Å². The van der Waals surface area contributed by atoms with Gasteiger partial charge in [0.1, 0.15) is 0 Å². The van der Waals surface area contributed by atoms with E-state index in [2.05, 4.69) is 27.1 Å². The van der Waals surface area contributed by atoms with Gasteiger partial charge in [0, 0.05) is 19.1 Å². The number of methoxy groups -OCH3 is 2. The molecule has 2 rings (SSSR count). The van der Waals surface area contributed by atoms with Crippen LogP contribution in [0, 0.1) is 0 Å². The van der Waals surface area contributed by atoms with E-state index in [9.17, 15) is 0 Å². The summed E-state index contributed by atoms with van der Waals surface area (Å²) in [5.74, 6) is 1.77. The van der Waals surface area contributed by atoms with Crippen LogP contribution in [0.15, 0.2) is 6.07 Å². The molecule has 1 aromatic rings. The Morgan fingerprint density at radius 1 is 1.30 bits per heavy atom. The molecule has 20 heavy (non-hydrogen) atoms. The van der Waals surface area contributed by atoms with Crippen LogP contribution in [-0.2, 0) is 0 Å². The molecule has 6 heteroatoms. The Kier molecular flexibility index (Phi) is 5.40. The number of nitrogens with zero attached hydrogens (tertiary/aromatic N) is 3. The van der Waals surface area contributed by atoms with Crippen molar-refractivity contribution in [3.63, 3.8) is 0 Å². The van der Waals surface area contributed by atoms with E-state index >= 15 is 0 Å². The van der Waals surface area contributed by atoms with E-state index in [1.54, 1.807) is 20.3 Å². The highest BCUT2D eigenvalue weighted by atomic mass is 16.5. The molecule has 0 saturated carbocycles. The Labute approximate surface area is 120 Å². The van der Waals surface area contributed by atoms with E-state index in [0.29, 0.717) is 23.8 Å². The number of rotatable bonds is 6. The zero-order valence-electron chi connectivity index (χ0n) is 12.6. The summed E-state index contributed by atoms with van der Waals surface area (Å²) in [6.45, 7) is 5.17. The molecule has 6 nitrogen and oxygen atoms in total. The van der Waals surface area contributed by atoms with Crippen LogP contribution in [0.1, 0.15) is 26.2 Å². The largest absolute Gasteiger partial charge is 0.481 e. The van der Waals surface area contributed by atoms with Crippen LogP contribution in [0.4, 0.5) is 5.95 Å². The molecule has 0 amide bonds. The monoisotopic (exact) mass is 280 g/mol. The Balaban J connectivity index is 2.27. The third-order valence-corrected chi connectivity index (χ3v) is 3.52. The van der Waals surface area contributed by atoms with Crippen molar-refractivity contribution in [3.05, 3.63) is 6.07 Å². The highest BCUT2D eigenvalue weighted by Gasteiger charge is 2.23. The van der Waals surface area contributed by atoms with Gasteiger partial charge in [-0.1, -0.05) is 6.92 Å². The van der Waals surface area contributed by atoms with Gasteiger partial charge in [-0.3, -0.25) is 0 Å². The van der Waals surface area contributed by atoms with Crippen LogP contribution in [0.3, 0.4) is 0 Å². The second-order valence-electron chi connectivity index (χ2n) is 4.95. The van der Waals surface area contributed by atoms with Crippen LogP contribution in [0.5, 0.6) is 11.8 Å². The molecule has 1 N–H and O–H groups in total. The van der Waals surface area contributed by atoms with E-state index in [-0.39, 0.29) is 0 Å². The van der Waals surface area contributed by atoms with E-state index in [1.165, 1.54) is 6.42 Å². The molecule has 112 valence electrons. The van der Waals surface area contributed by atoms with Gasteiger partial charge in [-0.15, -0.1) is 0 Å². The molecule has 2 heterocycles. The van der Waals surface area contributed by atoms with E-state index in [1.807, 2.05) is 0 Å². The lowest BCUT2D eigenvalue weighted by molar-refractivity contribution is 0.367. The SMILES string of the molecule is CCCN(c1nc(OC)cc(OC)n1)C1CCCNC1. The topological polar surface area (TPSA) is 59.5 Å².